The van der Waals surface area contributed by atoms with E-state index in [1.165, 1.54) is 23.9 Å². The second kappa shape index (κ2) is 19.3. The van der Waals surface area contributed by atoms with E-state index < -0.39 is 6.36 Å². The molecule has 9 rings (SSSR count). The van der Waals surface area contributed by atoms with Crippen molar-refractivity contribution in [3.8, 4) is 51.8 Å². The average molecular weight is 891 g/mol. The smallest absolute Gasteiger partial charge is 0.505 e. The van der Waals surface area contributed by atoms with Crippen molar-refractivity contribution in [2.45, 2.75) is 57.0 Å². The lowest BCUT2D eigenvalue weighted by Gasteiger charge is -2.11. The molecule has 6 aromatic rings. The predicted molar refractivity (Wildman–Crippen MR) is 222 cm³/mol. The number of hydrogen-bond donors (Lipinski definition) is 3. The van der Waals surface area contributed by atoms with Gasteiger partial charge in [0.05, 0.1) is 17.3 Å². The predicted octanol–water partition coefficient (Wildman–Crippen LogP) is 7.35. The Bertz CT molecular complexity index is 2590. The molecule has 322 valence electrons. The van der Waals surface area contributed by atoms with Gasteiger partial charge in [-0.15, -0.1) is 33.6 Å². The number of carbonyl (C=O) groups excluding carboxylic acids is 2. The number of fused-ring (bicyclic) bond motifs is 8. The van der Waals surface area contributed by atoms with Gasteiger partial charge in [-0.1, -0.05) is 23.5 Å². The normalized spacial score (nSPS) is 14.3. The molecule has 0 fully saturated rings. The fraction of sp³-hybridized carbons (Fsp3) is 0.250. The molecule has 2 amide bonds. The fourth-order valence-electron chi connectivity index (χ4n) is 6.01. The zero-order valence-corrected chi connectivity index (χ0v) is 34.8. The first-order valence-electron chi connectivity index (χ1n) is 18.8. The van der Waals surface area contributed by atoms with Crippen LogP contribution in [0.4, 0.5) is 24.5 Å². The number of anilines is 2. The molecule has 7 heterocycles. The summed E-state index contributed by atoms with van der Waals surface area (Å²) in [6.07, 6.45) is 0.819. The van der Waals surface area contributed by atoms with Crippen LogP contribution in [0.15, 0.2) is 95.2 Å². The van der Waals surface area contributed by atoms with E-state index in [1.807, 2.05) is 31.4 Å². The summed E-state index contributed by atoms with van der Waals surface area (Å²) in [5.74, 6) is 2.73. The number of rotatable bonds is 8. The molecular formula is C40H37F3N10O7S2. The van der Waals surface area contributed by atoms with Gasteiger partial charge in [-0.05, 0) is 87.9 Å². The highest BCUT2D eigenvalue weighted by Crippen LogP contribution is 2.40. The van der Waals surface area contributed by atoms with E-state index in [0.717, 1.165) is 23.9 Å². The first-order valence-corrected chi connectivity index (χ1v) is 20.8. The summed E-state index contributed by atoms with van der Waals surface area (Å²) in [5, 5.41) is 34.2. The van der Waals surface area contributed by atoms with E-state index in [4.69, 9.17) is 14.2 Å². The highest BCUT2D eigenvalue weighted by Gasteiger charge is 2.31. The molecule has 3 N–H and O–H groups in total. The first kappa shape index (κ1) is 43.3. The number of alkyl halides is 3. The Kier molecular flexibility index (Phi) is 13.5. The van der Waals surface area contributed by atoms with E-state index in [9.17, 15) is 27.9 Å². The Balaban J connectivity index is 0.000000187. The number of allylic oxidation sites excluding steroid dienone is 2. The first-order chi connectivity index (χ1) is 29.9. The monoisotopic (exact) mass is 890 g/mol. The van der Waals surface area contributed by atoms with Crippen molar-refractivity contribution in [3.63, 3.8) is 0 Å². The Morgan fingerprint density at radius 1 is 0.935 bits per heavy atom. The Morgan fingerprint density at radius 3 is 2.39 bits per heavy atom. The van der Waals surface area contributed by atoms with Crippen LogP contribution in [-0.4, -0.2) is 81.1 Å². The van der Waals surface area contributed by atoms with E-state index in [-0.39, 0.29) is 41.6 Å². The number of amides is 2. The second-order valence-corrected chi connectivity index (χ2v) is 14.9. The molecule has 4 aromatic heterocycles. The number of nitrogens with zero attached hydrogens (tertiary/aromatic N) is 8. The highest BCUT2D eigenvalue weighted by molar-refractivity contribution is 8.00. The molecule has 0 aliphatic carbocycles. The SMILES string of the molecule is CCn1c(SCC(=O)Nc2ccc(OC(F)(F)F)cc2)nnc1-c1nccc2c1OCO2.CCn1c2nnc1-c1nccc(c1O)C/C=C(/C)Oc1ccc(cc1)NC(=O)CS2. The molecule has 17 nitrogen and oxygen atoms in total. The van der Waals surface area contributed by atoms with Crippen molar-refractivity contribution in [1.82, 2.24) is 39.5 Å². The lowest BCUT2D eigenvalue weighted by molar-refractivity contribution is -0.274. The van der Waals surface area contributed by atoms with Gasteiger partial charge in [0.1, 0.15) is 22.9 Å². The van der Waals surface area contributed by atoms with Crippen molar-refractivity contribution in [1.29, 1.82) is 0 Å². The van der Waals surface area contributed by atoms with Crippen molar-refractivity contribution < 1.29 is 46.8 Å². The zero-order chi connectivity index (χ0) is 43.8. The number of benzene rings is 2. The lowest BCUT2D eigenvalue weighted by Crippen LogP contribution is -2.17. The van der Waals surface area contributed by atoms with Gasteiger partial charge >= 0.3 is 6.36 Å². The van der Waals surface area contributed by atoms with Gasteiger partial charge < -0.3 is 43.8 Å². The number of halogens is 3. The third-order valence-electron chi connectivity index (χ3n) is 8.85. The van der Waals surface area contributed by atoms with Crippen molar-refractivity contribution in [2.75, 3.05) is 28.9 Å². The minimum atomic E-state index is -4.77. The molecule has 3 aliphatic heterocycles. The number of aromatic nitrogens is 8. The van der Waals surface area contributed by atoms with E-state index in [0.29, 0.717) is 92.8 Å². The minimum absolute atomic E-state index is 0.0128. The number of nitrogens with one attached hydrogen (secondary N) is 2. The summed E-state index contributed by atoms with van der Waals surface area (Å²) in [5.41, 5.74) is 2.59. The number of ether oxygens (including phenoxy) is 4. The molecular weight excluding hydrogens is 854 g/mol. The van der Waals surface area contributed by atoms with Crippen LogP contribution in [0.2, 0.25) is 0 Å². The van der Waals surface area contributed by atoms with Crippen molar-refractivity contribution in [2.24, 2.45) is 0 Å². The van der Waals surface area contributed by atoms with Crippen LogP contribution in [0, 0.1) is 0 Å². The summed E-state index contributed by atoms with van der Waals surface area (Å²) in [6.45, 7) is 6.91. The Morgan fingerprint density at radius 2 is 1.65 bits per heavy atom. The van der Waals surface area contributed by atoms with E-state index in [1.54, 1.807) is 53.4 Å². The standard InChI is InChI=1S/C21H21N5O3S.C19H16F3N5O4S/c1-3-26-20-18-19(28)14(10-11-22-18)5-4-13(2)29-16-8-6-15(7-9-16)23-17(27)12-30-21(26)25-24-20;1-2-27-17(15-16-13(7-8-23-15)29-10-30-16)25-26-18(27)32-9-14(28)24-11-3-5-12(6-4-11)31-19(20,21)22/h4,6-11,28H,3,5,12H2,1-2H3,(H,23,27);3-8H,2,9-10H2,1H3,(H,24,28)/b13-4-;. The van der Waals surface area contributed by atoms with Crippen LogP contribution in [0.3, 0.4) is 0 Å². The number of aromatic hydroxyl groups is 1. The third-order valence-corrected chi connectivity index (χ3v) is 10.8. The van der Waals surface area contributed by atoms with Gasteiger partial charge in [-0.3, -0.25) is 9.59 Å². The molecule has 0 spiro atoms. The summed E-state index contributed by atoms with van der Waals surface area (Å²) in [7, 11) is 0. The largest absolute Gasteiger partial charge is 0.573 e. The summed E-state index contributed by atoms with van der Waals surface area (Å²) >= 11 is 2.45. The summed E-state index contributed by atoms with van der Waals surface area (Å²) in [4.78, 5) is 33.3. The highest BCUT2D eigenvalue weighted by atomic mass is 32.2. The molecule has 62 heavy (non-hydrogen) atoms. The molecule has 2 aromatic carbocycles. The maximum atomic E-state index is 12.4. The summed E-state index contributed by atoms with van der Waals surface area (Å²) < 4.78 is 60.8. The third kappa shape index (κ3) is 10.5. The average Bonchev–Trinajstić information content (AvgIpc) is 4.01. The molecule has 0 unspecified atom stereocenters. The van der Waals surface area contributed by atoms with Crippen LogP contribution < -0.4 is 29.6 Å². The topological polar surface area (TPSA) is 203 Å². The Hall–Kier alpha value is -6.81. The number of thioether (sulfide) groups is 2. The van der Waals surface area contributed by atoms with Crippen LogP contribution in [0.5, 0.6) is 28.7 Å². The van der Waals surface area contributed by atoms with Crippen LogP contribution in [0.1, 0.15) is 26.3 Å². The van der Waals surface area contributed by atoms with Crippen molar-refractivity contribution >= 4 is 46.7 Å². The molecule has 0 saturated carbocycles. The van der Waals surface area contributed by atoms with Gasteiger partial charge in [0.25, 0.3) is 0 Å². The fourth-order valence-corrected chi connectivity index (χ4v) is 7.61. The lowest BCUT2D eigenvalue weighted by atomic mass is 10.1. The minimum Gasteiger partial charge on any atom is -0.505 e. The Labute approximate surface area is 360 Å². The summed E-state index contributed by atoms with van der Waals surface area (Å²) in [6, 6.07) is 15.5. The number of carbonyl (C=O) groups is 2. The van der Waals surface area contributed by atoms with Gasteiger partial charge in [-0.2, -0.15) is 0 Å². The molecule has 0 saturated heterocycles. The second-order valence-electron chi connectivity index (χ2n) is 13.1. The van der Waals surface area contributed by atoms with Crippen molar-refractivity contribution in [3.05, 3.63) is 90.5 Å². The van der Waals surface area contributed by atoms with E-state index >= 15 is 0 Å². The molecule has 3 aliphatic rings. The van der Waals surface area contributed by atoms with Crippen LogP contribution >= 0.6 is 23.5 Å². The molecule has 0 atom stereocenters. The number of hydrogen-bond acceptors (Lipinski definition) is 15. The molecule has 6 bridgehead atoms. The quantitative estimate of drug-likeness (QED) is 0.128. The number of pyridine rings is 2. The van der Waals surface area contributed by atoms with Gasteiger partial charge in [0, 0.05) is 48.5 Å². The maximum Gasteiger partial charge on any atom is 0.573 e. The maximum absolute atomic E-state index is 12.4. The van der Waals surface area contributed by atoms with Gasteiger partial charge in [0.2, 0.25) is 18.6 Å². The van der Waals surface area contributed by atoms with Crippen LogP contribution in [0.25, 0.3) is 23.0 Å². The van der Waals surface area contributed by atoms with Gasteiger partial charge in [0.15, 0.2) is 39.2 Å². The zero-order valence-electron chi connectivity index (χ0n) is 33.2. The van der Waals surface area contributed by atoms with Gasteiger partial charge in [-0.25, -0.2) is 9.97 Å². The van der Waals surface area contributed by atoms with E-state index in [2.05, 4.69) is 45.7 Å². The van der Waals surface area contributed by atoms with Crippen LogP contribution in [-0.2, 0) is 29.1 Å². The molecule has 22 heteroatoms. The molecule has 0 radical (unpaired) electrons.